The molecule has 2 aromatic carbocycles. The minimum Gasteiger partial charge on any atom is -0.493 e. The fourth-order valence-electron chi connectivity index (χ4n) is 2.49. The number of nitrogens with one attached hydrogen (secondary N) is 1. The molecule has 0 aliphatic heterocycles. The third kappa shape index (κ3) is 3.05. The van der Waals surface area contributed by atoms with Gasteiger partial charge in [-0.15, -0.1) is 0 Å². The number of hydrogen-bond donors (Lipinski definition) is 1. The van der Waals surface area contributed by atoms with E-state index in [2.05, 4.69) is 15.3 Å². The number of aromatic nitrogens is 2. The van der Waals surface area contributed by atoms with Gasteiger partial charge in [0.2, 0.25) is 0 Å². The SMILES string of the molecule is CN(C)c1c(NCCCOc2ccc3cncnc3c2)c(=O)c1=O. The van der Waals surface area contributed by atoms with Crippen LogP contribution >= 0.6 is 0 Å². The van der Waals surface area contributed by atoms with Gasteiger partial charge in [-0.2, -0.15) is 0 Å². The standard InChI is InChI=1S/C17H18N4O3/c1-21(2)15-14(16(22)17(15)23)19-6-3-7-24-12-5-4-11-9-18-10-20-13(11)8-12/h4-5,8-10,19H,3,6-7H2,1-2H3. The second-order valence-corrected chi connectivity index (χ2v) is 5.65. The van der Waals surface area contributed by atoms with Crippen molar-refractivity contribution < 1.29 is 4.74 Å². The summed E-state index contributed by atoms with van der Waals surface area (Å²) in [5.74, 6) is 0.740. The number of hydrogen-bond acceptors (Lipinski definition) is 7. The number of rotatable bonds is 7. The van der Waals surface area contributed by atoms with Gasteiger partial charge in [-0.25, -0.2) is 9.97 Å². The monoisotopic (exact) mass is 326 g/mol. The Balaban J connectivity index is 1.50. The summed E-state index contributed by atoms with van der Waals surface area (Å²) in [5.41, 5.74) is 0.785. The molecule has 0 unspecified atom stereocenters. The smallest absolute Gasteiger partial charge is 0.253 e. The van der Waals surface area contributed by atoms with Crippen LogP contribution in [-0.4, -0.2) is 37.2 Å². The van der Waals surface area contributed by atoms with Crippen molar-refractivity contribution in [2.45, 2.75) is 6.42 Å². The average molecular weight is 326 g/mol. The summed E-state index contributed by atoms with van der Waals surface area (Å²) in [4.78, 5) is 32.8. The molecule has 0 bridgehead atoms. The van der Waals surface area contributed by atoms with Gasteiger partial charge < -0.3 is 15.0 Å². The molecule has 0 saturated heterocycles. The first-order valence-corrected chi connectivity index (χ1v) is 7.65. The van der Waals surface area contributed by atoms with Gasteiger partial charge in [0.25, 0.3) is 10.9 Å². The molecule has 124 valence electrons. The van der Waals surface area contributed by atoms with Crippen molar-refractivity contribution >= 4 is 22.3 Å². The van der Waals surface area contributed by atoms with Crippen molar-refractivity contribution in [1.82, 2.24) is 9.97 Å². The quantitative estimate of drug-likeness (QED) is 0.515. The van der Waals surface area contributed by atoms with Crippen molar-refractivity contribution in [3.05, 3.63) is 51.2 Å². The minimum absolute atomic E-state index is 0.396. The van der Waals surface area contributed by atoms with E-state index in [1.165, 1.54) is 6.33 Å². The fraction of sp³-hybridized carbons (Fsp3) is 0.294. The van der Waals surface area contributed by atoms with E-state index in [4.69, 9.17) is 4.74 Å². The molecular formula is C17H18N4O3. The Morgan fingerprint density at radius 1 is 1.21 bits per heavy atom. The van der Waals surface area contributed by atoms with Crippen LogP contribution in [0.25, 0.3) is 10.9 Å². The Kier molecular flexibility index (Phi) is 4.41. The minimum atomic E-state index is -0.450. The van der Waals surface area contributed by atoms with Gasteiger partial charge in [0.1, 0.15) is 23.5 Å². The molecule has 0 aliphatic rings. The zero-order chi connectivity index (χ0) is 17.1. The molecule has 0 amide bonds. The van der Waals surface area contributed by atoms with E-state index in [0.29, 0.717) is 30.9 Å². The maximum atomic E-state index is 11.5. The first kappa shape index (κ1) is 15.9. The third-order valence-electron chi connectivity index (χ3n) is 3.70. The lowest BCUT2D eigenvalue weighted by Gasteiger charge is -2.19. The first-order chi connectivity index (χ1) is 11.6. The molecule has 1 aromatic heterocycles. The van der Waals surface area contributed by atoms with Crippen molar-refractivity contribution in [3.8, 4) is 5.75 Å². The normalized spacial score (nSPS) is 10.9. The van der Waals surface area contributed by atoms with E-state index in [1.807, 2.05) is 18.2 Å². The van der Waals surface area contributed by atoms with E-state index < -0.39 is 10.9 Å². The highest BCUT2D eigenvalue weighted by Crippen LogP contribution is 2.19. The van der Waals surface area contributed by atoms with E-state index >= 15 is 0 Å². The van der Waals surface area contributed by atoms with Crippen molar-refractivity contribution in [1.29, 1.82) is 0 Å². The first-order valence-electron chi connectivity index (χ1n) is 7.65. The molecule has 3 rings (SSSR count). The molecule has 3 aromatic rings. The lowest BCUT2D eigenvalue weighted by Crippen LogP contribution is -2.40. The Hall–Kier alpha value is -2.96. The van der Waals surface area contributed by atoms with E-state index in [0.717, 1.165) is 16.7 Å². The summed E-state index contributed by atoms with van der Waals surface area (Å²) in [6, 6.07) is 5.65. The highest BCUT2D eigenvalue weighted by molar-refractivity contribution is 5.78. The largest absolute Gasteiger partial charge is 0.493 e. The Labute approximate surface area is 138 Å². The number of anilines is 2. The van der Waals surface area contributed by atoms with Crippen molar-refractivity contribution in [2.24, 2.45) is 0 Å². The second-order valence-electron chi connectivity index (χ2n) is 5.65. The molecule has 0 aliphatic carbocycles. The number of fused-ring (bicyclic) bond motifs is 1. The summed E-state index contributed by atoms with van der Waals surface area (Å²) < 4.78 is 5.69. The zero-order valence-electron chi connectivity index (χ0n) is 13.6. The molecule has 0 saturated carbocycles. The van der Waals surface area contributed by atoms with Crippen LogP contribution in [0.1, 0.15) is 6.42 Å². The molecule has 1 N–H and O–H groups in total. The Morgan fingerprint density at radius 2 is 2.04 bits per heavy atom. The third-order valence-corrected chi connectivity index (χ3v) is 3.70. The molecule has 0 spiro atoms. The van der Waals surface area contributed by atoms with Crippen LogP contribution in [0.2, 0.25) is 0 Å². The lowest BCUT2D eigenvalue weighted by atomic mass is 10.2. The van der Waals surface area contributed by atoms with Crippen LogP contribution in [0.4, 0.5) is 11.4 Å². The number of nitrogens with zero attached hydrogens (tertiary/aromatic N) is 3. The number of ether oxygens (including phenoxy) is 1. The maximum Gasteiger partial charge on any atom is 0.253 e. The summed E-state index contributed by atoms with van der Waals surface area (Å²) in [5, 5.41) is 3.97. The van der Waals surface area contributed by atoms with Crippen LogP contribution in [-0.2, 0) is 0 Å². The van der Waals surface area contributed by atoms with Gasteiger partial charge in [0.15, 0.2) is 0 Å². The van der Waals surface area contributed by atoms with E-state index in [-0.39, 0.29) is 0 Å². The predicted molar refractivity (Wildman–Crippen MR) is 93.8 cm³/mol. The molecule has 0 radical (unpaired) electrons. The van der Waals surface area contributed by atoms with Crippen LogP contribution < -0.4 is 25.8 Å². The van der Waals surface area contributed by atoms with Crippen LogP contribution in [0.3, 0.4) is 0 Å². The summed E-state index contributed by atoms with van der Waals surface area (Å²) >= 11 is 0. The maximum absolute atomic E-state index is 11.5. The average Bonchev–Trinajstić information content (AvgIpc) is 2.59. The Morgan fingerprint density at radius 3 is 2.83 bits per heavy atom. The van der Waals surface area contributed by atoms with Gasteiger partial charge >= 0.3 is 0 Å². The highest BCUT2D eigenvalue weighted by Gasteiger charge is 2.21. The molecule has 0 atom stereocenters. The predicted octanol–water partition coefficient (Wildman–Crippen LogP) is 1.17. The van der Waals surface area contributed by atoms with Crippen LogP contribution in [0.15, 0.2) is 40.3 Å². The summed E-state index contributed by atoms with van der Waals surface area (Å²) in [7, 11) is 3.49. The lowest BCUT2D eigenvalue weighted by molar-refractivity contribution is 0.315. The molecule has 0 fully saturated rings. The van der Waals surface area contributed by atoms with Gasteiger partial charge in [-0.05, 0) is 18.6 Å². The second kappa shape index (κ2) is 6.66. The van der Waals surface area contributed by atoms with Gasteiger partial charge in [-0.3, -0.25) is 9.59 Å². The van der Waals surface area contributed by atoms with Crippen molar-refractivity contribution in [2.75, 3.05) is 37.5 Å². The van der Waals surface area contributed by atoms with Gasteiger partial charge in [-0.1, -0.05) is 0 Å². The van der Waals surface area contributed by atoms with Crippen LogP contribution in [0, 0.1) is 0 Å². The molecule has 7 heteroatoms. The Bertz CT molecular complexity index is 929. The van der Waals surface area contributed by atoms with E-state index in [1.54, 1.807) is 25.2 Å². The topological polar surface area (TPSA) is 84.4 Å². The van der Waals surface area contributed by atoms with Crippen LogP contribution in [0.5, 0.6) is 5.75 Å². The fourth-order valence-corrected chi connectivity index (χ4v) is 2.49. The molecular weight excluding hydrogens is 308 g/mol. The van der Waals surface area contributed by atoms with E-state index in [9.17, 15) is 9.59 Å². The van der Waals surface area contributed by atoms with Gasteiger partial charge in [0, 0.05) is 38.3 Å². The zero-order valence-corrected chi connectivity index (χ0v) is 13.6. The molecule has 24 heavy (non-hydrogen) atoms. The molecule has 7 nitrogen and oxygen atoms in total. The number of benzene rings is 1. The summed E-state index contributed by atoms with van der Waals surface area (Å²) in [6.45, 7) is 1.05. The molecule has 1 heterocycles. The summed E-state index contributed by atoms with van der Waals surface area (Å²) in [6.07, 6.45) is 3.96. The van der Waals surface area contributed by atoms with Gasteiger partial charge in [0.05, 0.1) is 12.1 Å². The highest BCUT2D eigenvalue weighted by atomic mass is 16.5. The van der Waals surface area contributed by atoms with Crippen molar-refractivity contribution in [3.63, 3.8) is 0 Å².